The standard InChI is InChI=1S/C54H34N4/c1-3-15-35(16-4-1)39-29-40(36-17-5-2-6-18-36)31-41(30-39)53-46-23-9-12-24-48(46)55-54(56-53)58-51-33-38-20-8-7-19-37(38)32-47(51)45-28-27-42(34-52(45)58)57-49-25-13-10-21-43(49)44-22-11-14-26-50(44)57/h1-34H. The average molecular weight is 739 g/mol. The zero-order chi connectivity index (χ0) is 38.2. The zero-order valence-electron chi connectivity index (χ0n) is 31.4. The Balaban J connectivity index is 1.17. The van der Waals surface area contributed by atoms with E-state index < -0.39 is 0 Å². The summed E-state index contributed by atoms with van der Waals surface area (Å²) in [5.41, 5.74) is 13.0. The number of fused-ring (bicyclic) bond motifs is 8. The SMILES string of the molecule is c1ccc(-c2cc(-c3ccccc3)cc(-c3nc(-n4c5cc(-n6c7ccccc7c7ccccc76)ccc5c5cc6ccccc6cc54)nc4ccccc34)c2)cc1. The molecule has 0 radical (unpaired) electrons. The van der Waals surface area contributed by atoms with Crippen molar-refractivity contribution in [3.05, 3.63) is 206 Å². The van der Waals surface area contributed by atoms with Crippen molar-refractivity contribution in [2.24, 2.45) is 0 Å². The summed E-state index contributed by atoms with van der Waals surface area (Å²) in [6, 6.07) is 73.9. The van der Waals surface area contributed by atoms with E-state index in [0.717, 1.165) is 66.5 Å². The lowest BCUT2D eigenvalue weighted by Crippen LogP contribution is -2.04. The summed E-state index contributed by atoms with van der Waals surface area (Å²) in [5, 5.41) is 8.17. The molecule has 270 valence electrons. The smallest absolute Gasteiger partial charge is 0.235 e. The Morgan fingerprint density at radius 3 is 1.48 bits per heavy atom. The number of para-hydroxylation sites is 3. The molecular formula is C54H34N4. The van der Waals surface area contributed by atoms with Gasteiger partial charge in [-0.1, -0.05) is 146 Å². The van der Waals surface area contributed by atoms with Crippen molar-refractivity contribution in [3.63, 3.8) is 0 Å². The van der Waals surface area contributed by atoms with Crippen LogP contribution < -0.4 is 0 Å². The lowest BCUT2D eigenvalue weighted by atomic mass is 9.94. The van der Waals surface area contributed by atoms with Crippen LogP contribution in [0.4, 0.5) is 0 Å². The van der Waals surface area contributed by atoms with Gasteiger partial charge >= 0.3 is 0 Å². The quantitative estimate of drug-likeness (QED) is 0.176. The molecule has 0 atom stereocenters. The molecule has 0 bridgehead atoms. The Bertz CT molecular complexity index is 3450. The Kier molecular flexibility index (Phi) is 7.20. The monoisotopic (exact) mass is 738 g/mol. The number of nitrogens with zero attached hydrogens (tertiary/aromatic N) is 4. The highest BCUT2D eigenvalue weighted by atomic mass is 15.2. The second-order valence-corrected chi connectivity index (χ2v) is 15.0. The number of rotatable bonds is 5. The Morgan fingerprint density at radius 1 is 0.293 bits per heavy atom. The molecule has 4 heteroatoms. The van der Waals surface area contributed by atoms with Crippen molar-refractivity contribution in [3.8, 4) is 45.1 Å². The molecule has 0 aliphatic heterocycles. The number of aromatic nitrogens is 4. The van der Waals surface area contributed by atoms with Crippen LogP contribution >= 0.6 is 0 Å². The molecule has 0 aliphatic carbocycles. The van der Waals surface area contributed by atoms with E-state index in [1.807, 2.05) is 0 Å². The molecule has 0 saturated heterocycles. The predicted molar refractivity (Wildman–Crippen MR) is 242 cm³/mol. The first-order valence-corrected chi connectivity index (χ1v) is 19.7. The normalized spacial score (nSPS) is 11.8. The van der Waals surface area contributed by atoms with E-state index in [2.05, 4.69) is 215 Å². The topological polar surface area (TPSA) is 35.6 Å². The molecule has 58 heavy (non-hydrogen) atoms. The van der Waals surface area contributed by atoms with Crippen LogP contribution in [0.3, 0.4) is 0 Å². The maximum absolute atomic E-state index is 5.60. The molecule has 0 fully saturated rings. The minimum atomic E-state index is 0.634. The maximum Gasteiger partial charge on any atom is 0.235 e. The highest BCUT2D eigenvalue weighted by Crippen LogP contribution is 2.40. The highest BCUT2D eigenvalue weighted by Gasteiger charge is 2.21. The largest absolute Gasteiger partial charge is 0.309 e. The van der Waals surface area contributed by atoms with Gasteiger partial charge in [0.15, 0.2) is 0 Å². The lowest BCUT2D eigenvalue weighted by Gasteiger charge is -2.15. The first kappa shape index (κ1) is 32.4. The van der Waals surface area contributed by atoms with Gasteiger partial charge in [-0.3, -0.25) is 4.57 Å². The van der Waals surface area contributed by atoms with Crippen LogP contribution in [0, 0.1) is 0 Å². The van der Waals surface area contributed by atoms with Gasteiger partial charge in [0, 0.05) is 38.2 Å². The molecule has 0 amide bonds. The molecule has 4 nitrogen and oxygen atoms in total. The second-order valence-electron chi connectivity index (χ2n) is 15.0. The van der Waals surface area contributed by atoms with Crippen LogP contribution in [0.1, 0.15) is 0 Å². The Labute approximate surface area is 334 Å². The molecule has 12 aromatic rings. The van der Waals surface area contributed by atoms with E-state index in [1.165, 1.54) is 38.0 Å². The molecule has 3 aromatic heterocycles. The Hall–Kier alpha value is -7.82. The highest BCUT2D eigenvalue weighted by molar-refractivity contribution is 6.15. The van der Waals surface area contributed by atoms with Gasteiger partial charge in [-0.25, -0.2) is 9.97 Å². The third-order valence-electron chi connectivity index (χ3n) is 11.7. The van der Waals surface area contributed by atoms with Gasteiger partial charge < -0.3 is 4.57 Å². The van der Waals surface area contributed by atoms with Crippen molar-refractivity contribution in [2.45, 2.75) is 0 Å². The summed E-state index contributed by atoms with van der Waals surface area (Å²) in [4.78, 5) is 11.0. The van der Waals surface area contributed by atoms with Gasteiger partial charge in [0.1, 0.15) is 0 Å². The summed E-state index contributed by atoms with van der Waals surface area (Å²) >= 11 is 0. The van der Waals surface area contributed by atoms with Crippen LogP contribution in [0.25, 0.3) is 110 Å². The van der Waals surface area contributed by atoms with Gasteiger partial charge in [-0.2, -0.15) is 0 Å². The molecule has 9 aromatic carbocycles. The summed E-state index contributed by atoms with van der Waals surface area (Å²) in [5.74, 6) is 0.634. The van der Waals surface area contributed by atoms with Crippen molar-refractivity contribution >= 4 is 65.3 Å². The number of benzene rings is 9. The number of hydrogen-bond acceptors (Lipinski definition) is 2. The molecule has 0 N–H and O–H groups in total. The summed E-state index contributed by atoms with van der Waals surface area (Å²) < 4.78 is 4.67. The van der Waals surface area contributed by atoms with E-state index in [4.69, 9.17) is 9.97 Å². The van der Waals surface area contributed by atoms with Crippen LogP contribution in [0.15, 0.2) is 206 Å². The zero-order valence-corrected chi connectivity index (χ0v) is 31.4. The maximum atomic E-state index is 5.60. The third kappa shape index (κ3) is 5.09. The van der Waals surface area contributed by atoms with Gasteiger partial charge in [0.05, 0.1) is 33.3 Å². The van der Waals surface area contributed by atoms with E-state index in [-0.39, 0.29) is 0 Å². The summed E-state index contributed by atoms with van der Waals surface area (Å²) in [6.45, 7) is 0. The molecule has 0 spiro atoms. The molecule has 0 saturated carbocycles. The molecule has 12 rings (SSSR count). The van der Waals surface area contributed by atoms with E-state index >= 15 is 0 Å². The van der Waals surface area contributed by atoms with E-state index in [9.17, 15) is 0 Å². The molecule has 3 heterocycles. The van der Waals surface area contributed by atoms with Crippen LogP contribution in [0.2, 0.25) is 0 Å². The van der Waals surface area contributed by atoms with E-state index in [1.54, 1.807) is 0 Å². The fourth-order valence-corrected chi connectivity index (χ4v) is 8.99. The molecule has 0 aliphatic rings. The van der Waals surface area contributed by atoms with Crippen molar-refractivity contribution in [1.29, 1.82) is 0 Å². The average Bonchev–Trinajstić information content (AvgIpc) is 3.80. The minimum Gasteiger partial charge on any atom is -0.309 e. The van der Waals surface area contributed by atoms with Crippen LogP contribution in [0.5, 0.6) is 0 Å². The minimum absolute atomic E-state index is 0.634. The van der Waals surface area contributed by atoms with Crippen molar-refractivity contribution < 1.29 is 0 Å². The van der Waals surface area contributed by atoms with Crippen LogP contribution in [-0.4, -0.2) is 19.1 Å². The fraction of sp³-hybridized carbons (Fsp3) is 0. The van der Waals surface area contributed by atoms with Gasteiger partial charge in [0.2, 0.25) is 5.95 Å². The molecular weight excluding hydrogens is 705 g/mol. The summed E-state index contributed by atoms with van der Waals surface area (Å²) in [7, 11) is 0. The van der Waals surface area contributed by atoms with Crippen molar-refractivity contribution in [1.82, 2.24) is 19.1 Å². The predicted octanol–water partition coefficient (Wildman–Crippen LogP) is 14.0. The number of hydrogen-bond donors (Lipinski definition) is 0. The van der Waals surface area contributed by atoms with Gasteiger partial charge in [-0.05, 0) is 93.7 Å². The summed E-state index contributed by atoms with van der Waals surface area (Å²) in [6.07, 6.45) is 0. The van der Waals surface area contributed by atoms with Crippen LogP contribution in [-0.2, 0) is 0 Å². The first-order valence-electron chi connectivity index (χ1n) is 19.7. The molecule has 0 unspecified atom stereocenters. The Morgan fingerprint density at radius 2 is 0.810 bits per heavy atom. The van der Waals surface area contributed by atoms with E-state index in [0.29, 0.717) is 5.95 Å². The fourth-order valence-electron chi connectivity index (χ4n) is 8.99. The van der Waals surface area contributed by atoms with Gasteiger partial charge in [-0.15, -0.1) is 0 Å². The lowest BCUT2D eigenvalue weighted by molar-refractivity contribution is 1.01. The second kappa shape index (κ2) is 12.9. The first-order chi connectivity index (χ1) is 28.7. The van der Waals surface area contributed by atoms with Gasteiger partial charge in [0.25, 0.3) is 0 Å². The third-order valence-corrected chi connectivity index (χ3v) is 11.7. The van der Waals surface area contributed by atoms with Crippen molar-refractivity contribution in [2.75, 3.05) is 0 Å².